The fourth-order valence-electron chi connectivity index (χ4n) is 1.30. The first-order valence-corrected chi connectivity index (χ1v) is 6.05. The minimum Gasteiger partial charge on any atom is -0.398 e. The van der Waals surface area contributed by atoms with Crippen LogP contribution in [0, 0.1) is 11.8 Å². The van der Waals surface area contributed by atoms with Gasteiger partial charge in [0, 0.05) is 16.5 Å². The summed E-state index contributed by atoms with van der Waals surface area (Å²) < 4.78 is 0. The van der Waals surface area contributed by atoms with Crippen molar-refractivity contribution in [2.24, 2.45) is 5.16 Å². The Balaban J connectivity index is 2.29. The van der Waals surface area contributed by atoms with Gasteiger partial charge in [-0.3, -0.25) is 0 Å². The molecule has 0 unspecified atom stereocenters. The lowest BCUT2D eigenvalue weighted by atomic mass is 10.1. The van der Waals surface area contributed by atoms with Gasteiger partial charge in [0.25, 0.3) is 0 Å². The van der Waals surface area contributed by atoms with Crippen LogP contribution in [-0.2, 0) is 4.84 Å². The predicted octanol–water partition coefficient (Wildman–Crippen LogP) is 3.15. The Hall–Kier alpha value is -2.05. The van der Waals surface area contributed by atoms with E-state index < -0.39 is 0 Å². The third kappa shape index (κ3) is 3.20. The van der Waals surface area contributed by atoms with Crippen molar-refractivity contribution in [3.63, 3.8) is 0 Å². The summed E-state index contributed by atoms with van der Waals surface area (Å²) in [4.78, 5) is 4.82. The zero-order chi connectivity index (χ0) is 11.9. The molecule has 2 nitrogen and oxygen atoms in total. The molecule has 17 heavy (non-hydrogen) atoms. The molecule has 0 fully saturated rings. The SMILES string of the molecule is CON=C(C#Cc1ccsc1)c1ccccc1. The molecule has 1 aromatic carbocycles. The topological polar surface area (TPSA) is 21.6 Å². The first kappa shape index (κ1) is 11.4. The summed E-state index contributed by atoms with van der Waals surface area (Å²) in [5, 5.41) is 7.94. The number of nitrogens with zero attached hydrogens (tertiary/aromatic N) is 1. The van der Waals surface area contributed by atoms with E-state index in [9.17, 15) is 0 Å². The number of thiophene rings is 1. The molecule has 0 radical (unpaired) electrons. The van der Waals surface area contributed by atoms with Crippen LogP contribution >= 0.6 is 11.3 Å². The van der Waals surface area contributed by atoms with Gasteiger partial charge in [-0.05, 0) is 17.4 Å². The molecule has 2 rings (SSSR count). The highest BCUT2D eigenvalue weighted by Gasteiger charge is 1.99. The van der Waals surface area contributed by atoms with Crippen LogP contribution in [0.15, 0.2) is 52.3 Å². The zero-order valence-electron chi connectivity index (χ0n) is 9.38. The summed E-state index contributed by atoms with van der Waals surface area (Å²) in [5.74, 6) is 6.08. The molecular weight excluding hydrogens is 230 g/mol. The van der Waals surface area contributed by atoms with Crippen LogP contribution in [0.1, 0.15) is 11.1 Å². The van der Waals surface area contributed by atoms with E-state index in [1.54, 1.807) is 11.3 Å². The molecule has 0 aliphatic carbocycles. The number of oxime groups is 1. The molecule has 0 spiro atoms. The van der Waals surface area contributed by atoms with E-state index in [-0.39, 0.29) is 0 Å². The third-order valence-corrected chi connectivity index (χ3v) is 2.76. The van der Waals surface area contributed by atoms with Crippen molar-refractivity contribution < 1.29 is 4.84 Å². The third-order valence-electron chi connectivity index (χ3n) is 2.08. The Morgan fingerprint density at radius 1 is 1.24 bits per heavy atom. The molecule has 0 N–H and O–H groups in total. The molecule has 0 saturated heterocycles. The van der Waals surface area contributed by atoms with Crippen LogP contribution in [0.5, 0.6) is 0 Å². The van der Waals surface area contributed by atoms with E-state index in [2.05, 4.69) is 17.0 Å². The Labute approximate surface area is 105 Å². The average Bonchev–Trinajstić information content (AvgIpc) is 2.88. The molecule has 1 aromatic heterocycles. The maximum atomic E-state index is 4.82. The maximum Gasteiger partial charge on any atom is 0.160 e. The second-order valence-corrected chi connectivity index (χ2v) is 4.03. The predicted molar refractivity (Wildman–Crippen MR) is 71.2 cm³/mol. The normalized spacial score (nSPS) is 10.5. The Bertz CT molecular complexity index is 547. The molecule has 0 saturated carbocycles. The highest BCUT2D eigenvalue weighted by molar-refractivity contribution is 7.08. The van der Waals surface area contributed by atoms with Crippen molar-refractivity contribution in [3.8, 4) is 11.8 Å². The van der Waals surface area contributed by atoms with Crippen LogP contribution in [0.3, 0.4) is 0 Å². The van der Waals surface area contributed by atoms with E-state index in [1.165, 1.54) is 7.11 Å². The molecule has 3 heteroatoms. The van der Waals surface area contributed by atoms with Crippen LogP contribution < -0.4 is 0 Å². The van der Waals surface area contributed by atoms with E-state index in [1.807, 2.05) is 47.2 Å². The average molecular weight is 241 g/mol. The van der Waals surface area contributed by atoms with Crippen molar-refractivity contribution in [3.05, 3.63) is 58.3 Å². The minimum atomic E-state index is 0.638. The number of benzene rings is 1. The van der Waals surface area contributed by atoms with Crippen molar-refractivity contribution in [1.29, 1.82) is 0 Å². The first-order valence-electron chi connectivity index (χ1n) is 5.11. The summed E-state index contributed by atoms with van der Waals surface area (Å²) in [6.07, 6.45) is 0. The van der Waals surface area contributed by atoms with Crippen LogP contribution in [-0.4, -0.2) is 12.8 Å². The summed E-state index contributed by atoms with van der Waals surface area (Å²) in [5.41, 5.74) is 2.59. The van der Waals surface area contributed by atoms with E-state index in [4.69, 9.17) is 4.84 Å². The molecule has 2 aromatic rings. The van der Waals surface area contributed by atoms with Crippen LogP contribution in [0.2, 0.25) is 0 Å². The van der Waals surface area contributed by atoms with Gasteiger partial charge in [0.05, 0.1) is 0 Å². The van der Waals surface area contributed by atoms with Crippen molar-refractivity contribution in [2.75, 3.05) is 7.11 Å². The van der Waals surface area contributed by atoms with Gasteiger partial charge in [-0.15, -0.1) is 0 Å². The van der Waals surface area contributed by atoms with Gasteiger partial charge in [-0.25, -0.2) is 0 Å². The maximum absolute atomic E-state index is 4.82. The highest BCUT2D eigenvalue weighted by atomic mass is 32.1. The van der Waals surface area contributed by atoms with E-state index in [0.717, 1.165) is 11.1 Å². The molecular formula is C14H11NOS. The summed E-state index contributed by atoms with van der Waals surface area (Å²) in [6.45, 7) is 0. The fourth-order valence-corrected chi connectivity index (χ4v) is 1.89. The monoisotopic (exact) mass is 241 g/mol. The molecule has 0 aliphatic heterocycles. The molecule has 0 bridgehead atoms. The van der Waals surface area contributed by atoms with Gasteiger partial charge < -0.3 is 4.84 Å². The van der Waals surface area contributed by atoms with Gasteiger partial charge >= 0.3 is 0 Å². The quantitative estimate of drug-likeness (QED) is 0.449. The van der Waals surface area contributed by atoms with Gasteiger partial charge in [0.2, 0.25) is 0 Å². The Morgan fingerprint density at radius 3 is 2.71 bits per heavy atom. The van der Waals surface area contributed by atoms with Crippen molar-refractivity contribution in [1.82, 2.24) is 0 Å². The highest BCUT2D eigenvalue weighted by Crippen LogP contribution is 2.05. The fraction of sp³-hybridized carbons (Fsp3) is 0.0714. The number of rotatable bonds is 2. The summed E-state index contributed by atoms with van der Waals surface area (Å²) >= 11 is 1.63. The Kier molecular flexibility index (Phi) is 3.95. The second kappa shape index (κ2) is 5.88. The summed E-state index contributed by atoms with van der Waals surface area (Å²) in [6, 6.07) is 11.8. The number of hydrogen-bond acceptors (Lipinski definition) is 3. The van der Waals surface area contributed by atoms with Crippen molar-refractivity contribution in [2.45, 2.75) is 0 Å². The van der Waals surface area contributed by atoms with Gasteiger partial charge in [0.15, 0.2) is 5.71 Å². The van der Waals surface area contributed by atoms with Gasteiger partial charge in [-0.1, -0.05) is 41.4 Å². The van der Waals surface area contributed by atoms with Crippen LogP contribution in [0.25, 0.3) is 0 Å². The van der Waals surface area contributed by atoms with E-state index in [0.29, 0.717) is 5.71 Å². The largest absolute Gasteiger partial charge is 0.398 e. The van der Waals surface area contributed by atoms with Gasteiger partial charge in [0.1, 0.15) is 7.11 Å². The standard InChI is InChI=1S/C14H11NOS/c1-16-15-14(13-5-3-2-4-6-13)8-7-12-9-10-17-11-12/h2-6,9-11H,1H3. The van der Waals surface area contributed by atoms with Gasteiger partial charge in [-0.2, -0.15) is 11.3 Å². The molecule has 0 amide bonds. The lowest BCUT2D eigenvalue weighted by molar-refractivity contribution is 0.214. The van der Waals surface area contributed by atoms with Crippen LogP contribution in [0.4, 0.5) is 0 Å². The summed E-state index contributed by atoms with van der Waals surface area (Å²) in [7, 11) is 1.52. The lowest BCUT2D eigenvalue weighted by Gasteiger charge is -1.97. The first-order chi connectivity index (χ1) is 8.40. The van der Waals surface area contributed by atoms with Crippen molar-refractivity contribution >= 4 is 17.0 Å². The number of hydrogen-bond donors (Lipinski definition) is 0. The molecule has 0 atom stereocenters. The van der Waals surface area contributed by atoms with E-state index >= 15 is 0 Å². The lowest BCUT2D eigenvalue weighted by Crippen LogP contribution is -1.97. The smallest absolute Gasteiger partial charge is 0.160 e. The molecule has 84 valence electrons. The minimum absolute atomic E-state index is 0.638. The molecule has 0 aliphatic rings. The Morgan fingerprint density at radius 2 is 2.06 bits per heavy atom. The zero-order valence-corrected chi connectivity index (χ0v) is 10.2. The second-order valence-electron chi connectivity index (χ2n) is 3.25. The molecule has 1 heterocycles.